The Labute approximate surface area is 221 Å². The van der Waals surface area contributed by atoms with Gasteiger partial charge in [0.1, 0.15) is 22.9 Å². The Morgan fingerprint density at radius 3 is 2.66 bits per heavy atom. The van der Waals surface area contributed by atoms with Crippen LogP contribution >= 0.6 is 0 Å². The molecule has 10 heteroatoms. The second kappa shape index (κ2) is 11.5. The van der Waals surface area contributed by atoms with Crippen LogP contribution in [-0.4, -0.2) is 40.4 Å². The fraction of sp³-hybridized carbons (Fsp3) is 0.464. The lowest BCUT2D eigenvalue weighted by Crippen LogP contribution is -2.30. The fourth-order valence-electron chi connectivity index (χ4n) is 4.57. The second-order valence-electron chi connectivity index (χ2n) is 10.7. The molecule has 0 amide bonds. The molecule has 8 nitrogen and oxygen atoms in total. The molecule has 3 aromatic rings. The summed E-state index contributed by atoms with van der Waals surface area (Å²) in [6, 6.07) is 8.37. The minimum atomic E-state index is -0.835. The Bertz CT molecular complexity index is 1270. The van der Waals surface area contributed by atoms with Crippen molar-refractivity contribution in [2.75, 3.05) is 18.0 Å². The maximum absolute atomic E-state index is 14.7. The summed E-state index contributed by atoms with van der Waals surface area (Å²) in [7, 11) is 0. The van der Waals surface area contributed by atoms with Gasteiger partial charge in [-0.15, -0.1) is 0 Å². The topological polar surface area (TPSA) is 101 Å². The van der Waals surface area contributed by atoms with Crippen LogP contribution in [0.15, 0.2) is 34.9 Å². The number of hydrogen-bond acceptors (Lipinski definition) is 7. The van der Waals surface area contributed by atoms with Crippen molar-refractivity contribution in [3.8, 4) is 17.2 Å². The SMILES string of the molecule is CC(C)Oc1cc(F)c(-c2nc(N3CCCc4cc(CNCC(C)(C)CCC(=O)O)ccc43)no2)c(F)c1. The lowest BCUT2D eigenvalue weighted by Gasteiger charge is -2.29. The smallest absolute Gasteiger partial charge is 0.303 e. The van der Waals surface area contributed by atoms with Gasteiger partial charge in [-0.25, -0.2) is 8.78 Å². The summed E-state index contributed by atoms with van der Waals surface area (Å²) >= 11 is 0. The Kier molecular flexibility index (Phi) is 8.30. The van der Waals surface area contributed by atoms with Crippen LogP contribution in [0.5, 0.6) is 5.75 Å². The molecular formula is C28H34F2N4O4. The van der Waals surface area contributed by atoms with Crippen molar-refractivity contribution in [2.45, 2.75) is 66.0 Å². The summed E-state index contributed by atoms with van der Waals surface area (Å²) < 4.78 is 40.2. The number of fused-ring (bicyclic) bond motifs is 1. The fourth-order valence-corrected chi connectivity index (χ4v) is 4.57. The summed E-state index contributed by atoms with van der Waals surface area (Å²) in [4.78, 5) is 17.1. The number of anilines is 2. The van der Waals surface area contributed by atoms with E-state index in [2.05, 4.69) is 35.4 Å². The molecule has 0 atom stereocenters. The van der Waals surface area contributed by atoms with Crippen LogP contribution in [0, 0.1) is 17.0 Å². The Hall–Kier alpha value is -3.53. The molecule has 0 radical (unpaired) electrons. The van der Waals surface area contributed by atoms with Crippen molar-refractivity contribution in [1.82, 2.24) is 15.5 Å². The molecule has 0 saturated carbocycles. The van der Waals surface area contributed by atoms with Crippen LogP contribution in [0.25, 0.3) is 11.5 Å². The average Bonchev–Trinajstić information content (AvgIpc) is 3.31. The van der Waals surface area contributed by atoms with E-state index in [4.69, 9.17) is 14.4 Å². The third kappa shape index (κ3) is 6.66. The number of carbonyl (C=O) groups is 1. The van der Waals surface area contributed by atoms with Gasteiger partial charge in [0.2, 0.25) is 0 Å². The molecule has 1 aliphatic heterocycles. The molecule has 2 N–H and O–H groups in total. The zero-order chi connectivity index (χ0) is 27.4. The zero-order valence-corrected chi connectivity index (χ0v) is 22.2. The maximum Gasteiger partial charge on any atom is 0.303 e. The van der Waals surface area contributed by atoms with Crippen molar-refractivity contribution < 1.29 is 27.9 Å². The highest BCUT2D eigenvalue weighted by atomic mass is 19.1. The van der Waals surface area contributed by atoms with Gasteiger partial charge in [0, 0.05) is 43.9 Å². The molecule has 38 heavy (non-hydrogen) atoms. The molecule has 4 rings (SSSR count). The second-order valence-corrected chi connectivity index (χ2v) is 10.7. The van der Waals surface area contributed by atoms with E-state index >= 15 is 0 Å². The largest absolute Gasteiger partial charge is 0.491 e. The van der Waals surface area contributed by atoms with E-state index in [1.165, 1.54) is 0 Å². The Morgan fingerprint density at radius 1 is 1.24 bits per heavy atom. The first-order chi connectivity index (χ1) is 18.0. The van der Waals surface area contributed by atoms with E-state index in [0.29, 0.717) is 26.1 Å². The number of benzene rings is 2. The van der Waals surface area contributed by atoms with Crippen molar-refractivity contribution >= 4 is 17.6 Å². The molecule has 0 aliphatic carbocycles. The number of nitrogens with zero attached hydrogens (tertiary/aromatic N) is 3. The van der Waals surface area contributed by atoms with Crippen molar-refractivity contribution in [2.24, 2.45) is 5.41 Å². The molecule has 0 spiro atoms. The lowest BCUT2D eigenvalue weighted by atomic mass is 9.87. The monoisotopic (exact) mass is 528 g/mol. The van der Waals surface area contributed by atoms with E-state index in [0.717, 1.165) is 41.8 Å². The number of aromatic nitrogens is 2. The molecule has 204 valence electrons. The summed E-state index contributed by atoms with van der Waals surface area (Å²) in [6.07, 6.45) is 2.28. The molecule has 1 aliphatic rings. The number of ether oxygens (including phenoxy) is 1. The number of aliphatic carboxylic acids is 1. The van der Waals surface area contributed by atoms with E-state index in [-0.39, 0.29) is 41.1 Å². The molecule has 0 bridgehead atoms. The number of aryl methyl sites for hydroxylation is 1. The van der Waals surface area contributed by atoms with E-state index in [1.807, 2.05) is 17.0 Å². The average molecular weight is 529 g/mol. The van der Waals surface area contributed by atoms with E-state index in [9.17, 15) is 13.6 Å². The summed E-state index contributed by atoms with van der Waals surface area (Å²) in [6.45, 7) is 9.66. The minimum Gasteiger partial charge on any atom is -0.491 e. The van der Waals surface area contributed by atoms with E-state index in [1.54, 1.807) is 13.8 Å². The number of rotatable bonds is 11. The van der Waals surface area contributed by atoms with Gasteiger partial charge in [-0.05, 0) is 60.9 Å². The molecule has 0 saturated heterocycles. The Balaban J connectivity index is 1.47. The van der Waals surface area contributed by atoms with Gasteiger partial charge in [-0.2, -0.15) is 4.98 Å². The van der Waals surface area contributed by atoms with Gasteiger partial charge >= 0.3 is 5.97 Å². The van der Waals surface area contributed by atoms with Crippen LogP contribution in [0.3, 0.4) is 0 Å². The van der Waals surface area contributed by atoms with Gasteiger partial charge in [-0.3, -0.25) is 4.79 Å². The maximum atomic E-state index is 14.7. The molecular weight excluding hydrogens is 494 g/mol. The van der Waals surface area contributed by atoms with Crippen LogP contribution in [-0.2, 0) is 17.8 Å². The van der Waals surface area contributed by atoms with Gasteiger partial charge in [0.15, 0.2) is 0 Å². The number of carboxylic acids is 1. The molecule has 2 heterocycles. The third-order valence-corrected chi connectivity index (χ3v) is 6.47. The summed E-state index contributed by atoms with van der Waals surface area (Å²) in [5.74, 6) is -2.35. The van der Waals surface area contributed by atoms with Gasteiger partial charge in [-0.1, -0.05) is 26.0 Å². The molecule has 0 fully saturated rings. The predicted molar refractivity (Wildman–Crippen MR) is 140 cm³/mol. The molecule has 1 aromatic heterocycles. The van der Waals surface area contributed by atoms with Crippen LogP contribution in [0.1, 0.15) is 58.1 Å². The minimum absolute atomic E-state index is 0.0950. The normalized spacial score (nSPS) is 13.6. The van der Waals surface area contributed by atoms with E-state index < -0.39 is 17.6 Å². The number of carboxylic acid groups (broad SMARTS) is 1. The first-order valence-electron chi connectivity index (χ1n) is 12.8. The Morgan fingerprint density at radius 2 is 1.97 bits per heavy atom. The quantitative estimate of drug-likeness (QED) is 0.319. The van der Waals surface area contributed by atoms with Crippen molar-refractivity contribution in [1.29, 1.82) is 0 Å². The van der Waals surface area contributed by atoms with Crippen molar-refractivity contribution in [3.63, 3.8) is 0 Å². The number of hydrogen-bond donors (Lipinski definition) is 2. The highest BCUT2D eigenvalue weighted by Gasteiger charge is 2.26. The standard InChI is InChI=1S/C28H34F2N4O4/c1-17(2)37-20-13-21(29)25(22(30)14-20)26-32-27(33-38-26)34-11-5-6-19-12-18(7-8-23(19)34)15-31-16-28(3,4)10-9-24(35)36/h7-8,12-14,17,31H,5-6,9-11,15-16H2,1-4H3,(H,35,36). The highest BCUT2D eigenvalue weighted by Crippen LogP contribution is 2.35. The van der Waals surface area contributed by atoms with Gasteiger partial charge in [0.25, 0.3) is 11.8 Å². The summed E-state index contributed by atoms with van der Waals surface area (Å²) in [5, 5.41) is 16.4. The first kappa shape index (κ1) is 27.5. The van der Waals surface area contributed by atoms with Gasteiger partial charge in [0.05, 0.1) is 6.10 Å². The summed E-state index contributed by atoms with van der Waals surface area (Å²) in [5.41, 5.74) is 2.65. The zero-order valence-electron chi connectivity index (χ0n) is 22.2. The van der Waals surface area contributed by atoms with Crippen molar-refractivity contribution in [3.05, 3.63) is 53.1 Å². The van der Waals surface area contributed by atoms with Crippen LogP contribution < -0.4 is 15.0 Å². The third-order valence-electron chi connectivity index (χ3n) is 6.47. The van der Waals surface area contributed by atoms with Crippen LogP contribution in [0.2, 0.25) is 0 Å². The highest BCUT2D eigenvalue weighted by molar-refractivity contribution is 5.67. The molecule has 2 aromatic carbocycles. The molecule has 0 unspecified atom stereocenters. The first-order valence-corrected chi connectivity index (χ1v) is 12.8. The lowest BCUT2D eigenvalue weighted by molar-refractivity contribution is -0.137. The van der Waals surface area contributed by atoms with Gasteiger partial charge < -0.3 is 24.6 Å². The number of nitrogens with one attached hydrogen (secondary N) is 1. The predicted octanol–water partition coefficient (Wildman–Crippen LogP) is 5.87. The van der Waals surface area contributed by atoms with Crippen LogP contribution in [0.4, 0.5) is 20.4 Å². The number of halogens is 2.